The van der Waals surface area contributed by atoms with Gasteiger partial charge in [0.1, 0.15) is 0 Å². The summed E-state index contributed by atoms with van der Waals surface area (Å²) in [5.41, 5.74) is 7.31. The molecule has 4 atom stereocenters. The van der Waals surface area contributed by atoms with Crippen LogP contribution < -0.4 is 5.43 Å². The van der Waals surface area contributed by atoms with E-state index >= 15 is 0 Å². The molecule has 8 heteroatoms. The lowest BCUT2D eigenvalue weighted by atomic mass is 9.67. The highest BCUT2D eigenvalue weighted by Gasteiger charge is 2.48. The first-order valence-corrected chi connectivity index (χ1v) is 11.6. The van der Waals surface area contributed by atoms with Crippen LogP contribution in [-0.4, -0.2) is 58.3 Å². The summed E-state index contributed by atoms with van der Waals surface area (Å²) >= 11 is 0. The van der Waals surface area contributed by atoms with Crippen molar-refractivity contribution < 1.29 is 9.53 Å². The van der Waals surface area contributed by atoms with E-state index in [2.05, 4.69) is 57.4 Å². The van der Waals surface area contributed by atoms with Gasteiger partial charge in [0.15, 0.2) is 5.82 Å². The number of esters is 1. The van der Waals surface area contributed by atoms with Crippen LogP contribution >= 0.6 is 0 Å². The number of ether oxygens (including phenoxy) is 1. The van der Waals surface area contributed by atoms with Gasteiger partial charge in [-0.25, -0.2) is 4.98 Å². The number of likely N-dealkylation sites (N-methyl/N-ethyl adjacent to an activating group) is 1. The van der Waals surface area contributed by atoms with E-state index in [9.17, 15) is 4.79 Å². The number of nitrogens with one attached hydrogen (secondary N) is 2. The Labute approximate surface area is 193 Å². The fourth-order valence-electron chi connectivity index (χ4n) is 5.75. The number of H-pyrrole nitrogens is 1. The standard InChI is InChI=1S/C25H30N6O2/c1-4-15-14-31(2)21-12-18-16-7-5-6-8-19(16)28-24(18)20(11-17(15)23(21)25(32)33-3)29-30-22-13-26-9-10-27-22/h5-10,13,15,17,21,23,28H,4,11-12,14H2,1-3H3,(H,27,30)/b29-20+/t15-,17+,21-,23-/m0/s1. The molecular formula is C25H30N6O2. The third-order valence-electron chi connectivity index (χ3n) is 7.38. The molecule has 1 aliphatic carbocycles. The van der Waals surface area contributed by atoms with Gasteiger partial charge in [-0.15, -0.1) is 0 Å². The second-order valence-corrected chi connectivity index (χ2v) is 9.08. The van der Waals surface area contributed by atoms with Crippen molar-refractivity contribution in [1.82, 2.24) is 19.9 Å². The van der Waals surface area contributed by atoms with Crippen molar-refractivity contribution in [3.8, 4) is 0 Å². The predicted molar refractivity (Wildman–Crippen MR) is 128 cm³/mol. The van der Waals surface area contributed by atoms with Crippen molar-refractivity contribution in [3.05, 3.63) is 54.1 Å². The number of nitrogens with zero attached hydrogens (tertiary/aromatic N) is 4. The monoisotopic (exact) mass is 446 g/mol. The van der Waals surface area contributed by atoms with E-state index in [0.717, 1.165) is 36.3 Å². The number of piperidine rings is 1. The number of methoxy groups -OCH3 is 1. The van der Waals surface area contributed by atoms with E-state index < -0.39 is 0 Å². The maximum absolute atomic E-state index is 13.1. The number of carbonyl (C=O) groups is 1. The SMILES string of the molecule is CC[C@H]1CN(C)[C@H]2Cc3c([nH]c4ccccc34)/C(=N/Nc3cnccn3)C[C@H]1[C@@H]2C(=O)OC. The third kappa shape index (κ3) is 3.88. The lowest BCUT2D eigenvalue weighted by molar-refractivity contribution is -0.154. The quantitative estimate of drug-likeness (QED) is 0.471. The number of fused-ring (bicyclic) bond motifs is 5. The summed E-state index contributed by atoms with van der Waals surface area (Å²) in [6, 6.07) is 8.41. The van der Waals surface area contributed by atoms with E-state index in [4.69, 9.17) is 9.84 Å². The van der Waals surface area contributed by atoms with Gasteiger partial charge in [0.05, 0.1) is 30.6 Å². The first-order chi connectivity index (χ1) is 16.1. The van der Waals surface area contributed by atoms with Gasteiger partial charge in [-0.1, -0.05) is 31.5 Å². The van der Waals surface area contributed by atoms with Gasteiger partial charge in [-0.2, -0.15) is 5.10 Å². The van der Waals surface area contributed by atoms with Crippen LogP contribution in [0.5, 0.6) is 0 Å². The smallest absolute Gasteiger partial charge is 0.310 e. The summed E-state index contributed by atoms with van der Waals surface area (Å²) in [5.74, 6) is 0.776. The third-order valence-corrected chi connectivity index (χ3v) is 7.38. The molecule has 0 saturated carbocycles. The molecule has 3 aromatic rings. The Balaban J connectivity index is 1.67. The first-order valence-electron chi connectivity index (χ1n) is 11.6. The summed E-state index contributed by atoms with van der Waals surface area (Å²) in [6.07, 6.45) is 7.35. The van der Waals surface area contributed by atoms with Crippen molar-refractivity contribution in [3.63, 3.8) is 0 Å². The molecule has 5 rings (SSSR count). The summed E-state index contributed by atoms with van der Waals surface area (Å²) in [4.78, 5) is 27.5. The number of benzene rings is 1. The van der Waals surface area contributed by atoms with Gasteiger partial charge >= 0.3 is 5.97 Å². The number of anilines is 1. The zero-order valence-corrected chi connectivity index (χ0v) is 19.3. The van der Waals surface area contributed by atoms with Crippen molar-refractivity contribution in [1.29, 1.82) is 0 Å². The van der Waals surface area contributed by atoms with Crippen molar-refractivity contribution in [2.45, 2.75) is 32.2 Å². The van der Waals surface area contributed by atoms with Crippen molar-refractivity contribution >= 4 is 28.4 Å². The number of likely N-dealkylation sites (tertiary alicyclic amines) is 1. The Bertz CT molecular complexity index is 1170. The molecule has 0 radical (unpaired) electrons. The first kappa shape index (κ1) is 21.6. The molecule has 1 fully saturated rings. The molecule has 1 aliphatic heterocycles. The minimum atomic E-state index is -0.206. The maximum atomic E-state index is 13.1. The van der Waals surface area contributed by atoms with Crippen LogP contribution in [0.25, 0.3) is 10.9 Å². The van der Waals surface area contributed by atoms with Crippen LogP contribution in [0.3, 0.4) is 0 Å². The summed E-state index contributed by atoms with van der Waals surface area (Å²) < 4.78 is 5.34. The molecule has 3 heterocycles. The van der Waals surface area contributed by atoms with E-state index in [1.54, 1.807) is 18.6 Å². The Morgan fingerprint density at radius 1 is 1.30 bits per heavy atom. The van der Waals surface area contributed by atoms with E-state index in [0.29, 0.717) is 18.2 Å². The highest BCUT2D eigenvalue weighted by Crippen LogP contribution is 2.42. The van der Waals surface area contributed by atoms with Gasteiger partial charge in [0.25, 0.3) is 0 Å². The molecule has 1 saturated heterocycles. The highest BCUT2D eigenvalue weighted by atomic mass is 16.5. The molecule has 0 spiro atoms. The zero-order chi connectivity index (χ0) is 22.9. The van der Waals surface area contributed by atoms with Crippen LogP contribution in [-0.2, 0) is 16.0 Å². The minimum Gasteiger partial charge on any atom is -0.469 e. The molecule has 0 amide bonds. The van der Waals surface area contributed by atoms with Crippen LogP contribution in [0.15, 0.2) is 48.0 Å². The molecule has 8 nitrogen and oxygen atoms in total. The Kier molecular flexibility index (Phi) is 5.85. The van der Waals surface area contributed by atoms with Gasteiger partial charge in [0, 0.05) is 35.9 Å². The number of hydrazone groups is 1. The Hall–Kier alpha value is -3.26. The van der Waals surface area contributed by atoms with Gasteiger partial charge in [0.2, 0.25) is 0 Å². The molecule has 2 N–H and O–H groups in total. The number of hydrogen-bond donors (Lipinski definition) is 2. The predicted octanol–water partition coefficient (Wildman–Crippen LogP) is 3.47. The number of rotatable bonds is 4. The largest absolute Gasteiger partial charge is 0.469 e. The fraction of sp³-hybridized carbons (Fsp3) is 0.440. The molecule has 2 aliphatic rings. The van der Waals surface area contributed by atoms with Crippen molar-refractivity contribution in [2.24, 2.45) is 22.9 Å². The van der Waals surface area contributed by atoms with Crippen molar-refractivity contribution in [2.75, 3.05) is 26.1 Å². The fourth-order valence-corrected chi connectivity index (χ4v) is 5.75. The lowest BCUT2D eigenvalue weighted by Gasteiger charge is -2.48. The number of carbonyl (C=O) groups excluding carboxylic acids is 1. The van der Waals surface area contributed by atoms with E-state index in [-0.39, 0.29) is 23.8 Å². The molecular weight excluding hydrogens is 416 g/mol. The minimum absolute atomic E-state index is 0.0812. The zero-order valence-electron chi connectivity index (χ0n) is 19.3. The van der Waals surface area contributed by atoms with Crippen LogP contribution in [0.2, 0.25) is 0 Å². The topological polar surface area (TPSA) is 95.5 Å². The summed E-state index contributed by atoms with van der Waals surface area (Å²) in [5, 5.41) is 5.99. The molecule has 1 aromatic carbocycles. The number of aromatic amines is 1. The summed E-state index contributed by atoms with van der Waals surface area (Å²) in [6.45, 7) is 3.16. The molecule has 0 unspecified atom stereocenters. The highest BCUT2D eigenvalue weighted by molar-refractivity contribution is 6.06. The average molecular weight is 447 g/mol. The van der Waals surface area contributed by atoms with Gasteiger partial charge < -0.3 is 14.6 Å². The van der Waals surface area contributed by atoms with Crippen LogP contribution in [0.4, 0.5) is 5.82 Å². The molecule has 172 valence electrons. The van der Waals surface area contributed by atoms with E-state index in [1.165, 1.54) is 18.1 Å². The Morgan fingerprint density at radius 3 is 2.91 bits per heavy atom. The number of para-hydroxylation sites is 1. The number of aromatic nitrogens is 3. The lowest BCUT2D eigenvalue weighted by Crippen LogP contribution is -2.56. The number of hydrogen-bond acceptors (Lipinski definition) is 7. The van der Waals surface area contributed by atoms with Gasteiger partial charge in [-0.3, -0.25) is 15.2 Å². The van der Waals surface area contributed by atoms with Gasteiger partial charge in [-0.05, 0) is 43.4 Å². The maximum Gasteiger partial charge on any atom is 0.310 e. The second kappa shape index (κ2) is 8.94. The molecule has 33 heavy (non-hydrogen) atoms. The summed E-state index contributed by atoms with van der Waals surface area (Å²) in [7, 11) is 3.64. The normalized spacial score (nSPS) is 26.5. The second-order valence-electron chi connectivity index (χ2n) is 9.08. The van der Waals surface area contributed by atoms with Crippen LogP contribution in [0.1, 0.15) is 31.0 Å². The average Bonchev–Trinajstić information content (AvgIpc) is 3.20. The Morgan fingerprint density at radius 2 is 2.15 bits per heavy atom. The molecule has 2 aromatic heterocycles. The van der Waals surface area contributed by atoms with E-state index in [1.807, 2.05) is 6.07 Å². The van der Waals surface area contributed by atoms with Crippen LogP contribution in [0, 0.1) is 17.8 Å². The molecule has 2 bridgehead atoms.